The Kier molecular flexibility index (Phi) is 3.97. The molecular formula is C17H14FNO4. The molecule has 0 bridgehead atoms. The lowest BCUT2D eigenvalue weighted by molar-refractivity contribution is 0.0690. The molecule has 2 aromatic rings. The summed E-state index contributed by atoms with van der Waals surface area (Å²) in [5, 5.41) is 11.8. The summed E-state index contributed by atoms with van der Waals surface area (Å²) >= 11 is 0. The van der Waals surface area contributed by atoms with E-state index in [1.54, 1.807) is 18.2 Å². The summed E-state index contributed by atoms with van der Waals surface area (Å²) in [7, 11) is 0. The molecule has 2 aromatic carbocycles. The molecule has 0 aliphatic carbocycles. The number of aromatic carboxylic acids is 1. The molecule has 23 heavy (non-hydrogen) atoms. The quantitative estimate of drug-likeness (QED) is 0.907. The van der Waals surface area contributed by atoms with Crippen LogP contribution in [-0.2, 0) is 6.42 Å². The molecule has 1 heterocycles. The number of ether oxygens (including phenoxy) is 1. The molecule has 118 valence electrons. The molecule has 0 saturated heterocycles. The van der Waals surface area contributed by atoms with Crippen LogP contribution in [0, 0.1) is 5.82 Å². The van der Waals surface area contributed by atoms with E-state index in [1.165, 1.54) is 24.3 Å². The van der Waals surface area contributed by atoms with Gasteiger partial charge in [-0.2, -0.15) is 0 Å². The van der Waals surface area contributed by atoms with Crippen molar-refractivity contribution in [2.75, 3.05) is 6.54 Å². The van der Waals surface area contributed by atoms with Crippen LogP contribution in [0.1, 0.15) is 26.3 Å². The molecule has 2 N–H and O–H groups in total. The zero-order valence-electron chi connectivity index (χ0n) is 12.1. The molecule has 0 unspecified atom stereocenters. The van der Waals surface area contributed by atoms with Gasteiger partial charge in [-0.3, -0.25) is 4.79 Å². The summed E-state index contributed by atoms with van der Waals surface area (Å²) in [6.45, 7) is 0.211. The number of fused-ring (bicyclic) bond motifs is 1. The molecule has 3 rings (SSSR count). The molecule has 1 aliphatic rings. The van der Waals surface area contributed by atoms with Gasteiger partial charge >= 0.3 is 5.97 Å². The molecule has 0 spiro atoms. The van der Waals surface area contributed by atoms with E-state index in [2.05, 4.69) is 5.32 Å². The number of hydrogen-bond acceptors (Lipinski definition) is 3. The van der Waals surface area contributed by atoms with Gasteiger partial charge in [0, 0.05) is 12.0 Å². The maximum atomic E-state index is 13.2. The molecule has 0 aromatic heterocycles. The molecular weight excluding hydrogens is 301 g/mol. The maximum Gasteiger partial charge on any atom is 0.336 e. The van der Waals surface area contributed by atoms with Gasteiger partial charge in [-0.15, -0.1) is 0 Å². The van der Waals surface area contributed by atoms with Gasteiger partial charge in [0.15, 0.2) is 0 Å². The van der Waals surface area contributed by atoms with Gasteiger partial charge in [0.1, 0.15) is 17.7 Å². The summed E-state index contributed by atoms with van der Waals surface area (Å²) in [4.78, 5) is 23.3. The molecule has 1 aliphatic heterocycles. The van der Waals surface area contributed by atoms with Crippen LogP contribution in [0.5, 0.6) is 5.75 Å². The Balaban J connectivity index is 1.64. The van der Waals surface area contributed by atoms with Gasteiger partial charge in [0.25, 0.3) is 5.91 Å². The minimum Gasteiger partial charge on any atom is -0.488 e. The topological polar surface area (TPSA) is 75.6 Å². The average molecular weight is 315 g/mol. The van der Waals surface area contributed by atoms with Crippen molar-refractivity contribution in [2.24, 2.45) is 0 Å². The van der Waals surface area contributed by atoms with Crippen LogP contribution in [-0.4, -0.2) is 29.6 Å². The number of benzene rings is 2. The number of carbonyl (C=O) groups is 2. The summed E-state index contributed by atoms with van der Waals surface area (Å²) in [5.41, 5.74) is 0.805. The Morgan fingerprint density at radius 2 is 1.96 bits per heavy atom. The largest absolute Gasteiger partial charge is 0.488 e. The van der Waals surface area contributed by atoms with Gasteiger partial charge in [0.2, 0.25) is 0 Å². The molecule has 5 nitrogen and oxygen atoms in total. The van der Waals surface area contributed by atoms with E-state index < -0.39 is 11.9 Å². The van der Waals surface area contributed by atoms with Crippen LogP contribution in [0.3, 0.4) is 0 Å². The first-order valence-electron chi connectivity index (χ1n) is 7.10. The van der Waals surface area contributed by atoms with Crippen molar-refractivity contribution in [3.63, 3.8) is 0 Å². The lowest BCUT2D eigenvalue weighted by atomic mass is 10.1. The average Bonchev–Trinajstić information content (AvgIpc) is 2.94. The second-order valence-corrected chi connectivity index (χ2v) is 5.26. The lowest BCUT2D eigenvalue weighted by Gasteiger charge is -2.12. The van der Waals surface area contributed by atoms with Crippen LogP contribution < -0.4 is 10.1 Å². The second kappa shape index (κ2) is 6.08. The number of carbonyl (C=O) groups excluding carboxylic acids is 1. The smallest absolute Gasteiger partial charge is 0.336 e. The third kappa shape index (κ3) is 3.15. The third-order valence-corrected chi connectivity index (χ3v) is 3.66. The minimum absolute atomic E-state index is 0.0531. The van der Waals surface area contributed by atoms with Crippen LogP contribution >= 0.6 is 0 Å². The number of rotatable bonds is 4. The first kappa shape index (κ1) is 15.0. The van der Waals surface area contributed by atoms with Crippen molar-refractivity contribution >= 4 is 11.9 Å². The van der Waals surface area contributed by atoms with E-state index in [4.69, 9.17) is 9.84 Å². The lowest BCUT2D eigenvalue weighted by Crippen LogP contribution is -2.35. The van der Waals surface area contributed by atoms with Crippen molar-refractivity contribution in [3.8, 4) is 5.75 Å². The van der Waals surface area contributed by atoms with Crippen LogP contribution in [0.2, 0.25) is 0 Å². The molecule has 1 amide bonds. The maximum absolute atomic E-state index is 13.2. The monoisotopic (exact) mass is 315 g/mol. The normalized spacial score (nSPS) is 15.6. The van der Waals surface area contributed by atoms with Gasteiger partial charge in [0.05, 0.1) is 17.7 Å². The number of halogens is 1. The first-order valence-corrected chi connectivity index (χ1v) is 7.10. The van der Waals surface area contributed by atoms with Crippen molar-refractivity contribution < 1.29 is 23.8 Å². The molecule has 0 fully saturated rings. The zero-order chi connectivity index (χ0) is 16.4. The van der Waals surface area contributed by atoms with E-state index in [9.17, 15) is 14.0 Å². The highest BCUT2D eigenvalue weighted by Crippen LogP contribution is 2.28. The van der Waals surface area contributed by atoms with Crippen LogP contribution in [0.25, 0.3) is 0 Å². The summed E-state index contributed by atoms with van der Waals surface area (Å²) < 4.78 is 18.8. The molecule has 6 heteroatoms. The molecule has 0 radical (unpaired) electrons. The predicted molar refractivity (Wildman–Crippen MR) is 80.3 cm³/mol. The first-order chi connectivity index (χ1) is 11.0. The minimum atomic E-state index is -1.16. The van der Waals surface area contributed by atoms with Gasteiger partial charge in [-0.1, -0.05) is 12.1 Å². The van der Waals surface area contributed by atoms with Crippen molar-refractivity contribution in [1.82, 2.24) is 5.32 Å². The summed E-state index contributed by atoms with van der Waals surface area (Å²) in [6, 6.07) is 10.3. The number of nitrogens with one attached hydrogen (secondary N) is 1. The SMILES string of the molecule is O=C(O)c1ccccc1C(=O)NC[C@H]1Cc2cc(F)ccc2O1. The predicted octanol–water partition coefficient (Wildman–Crippen LogP) is 2.26. The fourth-order valence-corrected chi connectivity index (χ4v) is 2.57. The van der Waals surface area contributed by atoms with Crippen molar-refractivity contribution in [3.05, 3.63) is 65.0 Å². The van der Waals surface area contributed by atoms with E-state index >= 15 is 0 Å². The van der Waals surface area contributed by atoms with Crippen molar-refractivity contribution in [1.29, 1.82) is 0 Å². The standard InChI is InChI=1S/C17H14FNO4/c18-11-5-6-15-10(7-11)8-12(23-15)9-19-16(20)13-3-1-2-4-14(13)17(21)22/h1-7,12H,8-9H2,(H,19,20)(H,21,22)/t12-/m1/s1. The highest BCUT2D eigenvalue weighted by molar-refractivity contribution is 6.04. The van der Waals surface area contributed by atoms with E-state index in [0.717, 1.165) is 5.56 Å². The summed E-state index contributed by atoms with van der Waals surface area (Å²) in [6.07, 6.45) is 0.196. The fourth-order valence-electron chi connectivity index (χ4n) is 2.57. The van der Waals surface area contributed by atoms with E-state index in [-0.39, 0.29) is 29.6 Å². The Morgan fingerprint density at radius 3 is 2.70 bits per heavy atom. The number of carboxylic acid groups (broad SMARTS) is 1. The van der Waals surface area contributed by atoms with E-state index in [0.29, 0.717) is 12.2 Å². The third-order valence-electron chi connectivity index (χ3n) is 3.66. The van der Waals surface area contributed by atoms with Crippen LogP contribution in [0.4, 0.5) is 4.39 Å². The molecule has 1 atom stereocenters. The highest BCUT2D eigenvalue weighted by Gasteiger charge is 2.24. The molecule has 0 saturated carbocycles. The number of carboxylic acids is 1. The Morgan fingerprint density at radius 1 is 1.22 bits per heavy atom. The number of amides is 1. The van der Waals surface area contributed by atoms with Gasteiger partial charge < -0.3 is 15.2 Å². The Bertz CT molecular complexity index is 775. The summed E-state index contributed by atoms with van der Waals surface area (Å²) in [5.74, 6) is -1.35. The van der Waals surface area contributed by atoms with Gasteiger partial charge in [-0.25, -0.2) is 9.18 Å². The van der Waals surface area contributed by atoms with Crippen molar-refractivity contribution in [2.45, 2.75) is 12.5 Å². The fraction of sp³-hybridized carbons (Fsp3) is 0.176. The highest BCUT2D eigenvalue weighted by atomic mass is 19.1. The number of hydrogen-bond donors (Lipinski definition) is 2. The zero-order valence-corrected chi connectivity index (χ0v) is 12.1. The second-order valence-electron chi connectivity index (χ2n) is 5.26. The van der Waals surface area contributed by atoms with Gasteiger partial charge in [-0.05, 0) is 30.3 Å². The Labute approximate surface area is 131 Å². The van der Waals surface area contributed by atoms with Crippen LogP contribution in [0.15, 0.2) is 42.5 Å². The Hall–Kier alpha value is -2.89. The van der Waals surface area contributed by atoms with E-state index in [1.807, 2.05) is 0 Å².